The Morgan fingerprint density at radius 1 is 1.26 bits per heavy atom. The highest BCUT2D eigenvalue weighted by atomic mass is 32.1. The van der Waals surface area contributed by atoms with Crippen LogP contribution in [0, 0.1) is 11.6 Å². The zero-order valence-electron chi connectivity index (χ0n) is 14.2. The van der Waals surface area contributed by atoms with Crippen LogP contribution < -0.4 is 4.80 Å². The molecule has 27 heavy (non-hydrogen) atoms. The highest BCUT2D eigenvalue weighted by molar-refractivity contribution is 7.16. The largest absolute Gasteiger partial charge is 0.465 e. The van der Waals surface area contributed by atoms with Gasteiger partial charge in [-0.1, -0.05) is 23.5 Å². The number of carbonyl (C=O) groups excluding carboxylic acids is 2. The van der Waals surface area contributed by atoms with E-state index >= 15 is 0 Å². The first-order chi connectivity index (χ1) is 13.0. The maximum Gasteiger partial charge on any atom is 0.337 e. The number of halogens is 2. The lowest BCUT2D eigenvalue weighted by atomic mass is 10.2. The number of thiazole rings is 1. The standard InChI is InChI=1S/C19H14F2N2O3S/c1-3-9-23-14-8-7-11(18(25)26-2)10-15(14)27-19(23)22-17(24)16-12(20)5-4-6-13(16)21/h3-8,10H,1,9H2,2H3. The van der Waals surface area contributed by atoms with Crippen molar-refractivity contribution in [3.63, 3.8) is 0 Å². The average Bonchev–Trinajstić information content (AvgIpc) is 2.97. The van der Waals surface area contributed by atoms with Crippen LogP contribution in [0.4, 0.5) is 8.78 Å². The average molecular weight is 388 g/mol. The van der Waals surface area contributed by atoms with Crippen molar-refractivity contribution in [2.24, 2.45) is 4.99 Å². The lowest BCUT2D eigenvalue weighted by Gasteiger charge is -2.03. The molecule has 0 aliphatic rings. The third-order valence-corrected chi connectivity index (χ3v) is 4.83. The maximum absolute atomic E-state index is 13.8. The molecule has 0 saturated heterocycles. The summed E-state index contributed by atoms with van der Waals surface area (Å²) in [7, 11) is 1.28. The van der Waals surface area contributed by atoms with Gasteiger partial charge in [0.1, 0.15) is 17.2 Å². The van der Waals surface area contributed by atoms with Gasteiger partial charge in [0.25, 0.3) is 5.91 Å². The van der Waals surface area contributed by atoms with E-state index in [1.165, 1.54) is 13.2 Å². The summed E-state index contributed by atoms with van der Waals surface area (Å²) < 4.78 is 34.7. The first kappa shape index (κ1) is 18.7. The van der Waals surface area contributed by atoms with Gasteiger partial charge in [0.05, 0.1) is 22.9 Å². The van der Waals surface area contributed by atoms with E-state index in [2.05, 4.69) is 11.6 Å². The van der Waals surface area contributed by atoms with Crippen LogP contribution >= 0.6 is 11.3 Å². The smallest absolute Gasteiger partial charge is 0.337 e. The molecule has 1 heterocycles. The van der Waals surface area contributed by atoms with E-state index in [9.17, 15) is 18.4 Å². The molecule has 0 saturated carbocycles. The molecule has 0 N–H and O–H groups in total. The summed E-state index contributed by atoms with van der Waals surface area (Å²) in [5.74, 6) is -3.48. The van der Waals surface area contributed by atoms with Crippen LogP contribution in [-0.4, -0.2) is 23.6 Å². The minimum Gasteiger partial charge on any atom is -0.465 e. The van der Waals surface area contributed by atoms with Crippen molar-refractivity contribution < 1.29 is 23.1 Å². The molecule has 0 aliphatic heterocycles. The zero-order valence-corrected chi connectivity index (χ0v) is 15.1. The predicted molar refractivity (Wildman–Crippen MR) is 97.6 cm³/mol. The Hall–Kier alpha value is -3.13. The Balaban J connectivity index is 2.19. The third-order valence-electron chi connectivity index (χ3n) is 3.79. The van der Waals surface area contributed by atoms with E-state index in [0.29, 0.717) is 22.3 Å². The lowest BCUT2D eigenvalue weighted by molar-refractivity contribution is 0.0600. The minimum atomic E-state index is -1.02. The number of esters is 1. The van der Waals surface area contributed by atoms with Gasteiger partial charge in [0.2, 0.25) is 0 Å². The number of nitrogens with zero attached hydrogens (tertiary/aromatic N) is 2. The molecule has 3 rings (SSSR count). The Bertz CT molecular complexity index is 1110. The zero-order chi connectivity index (χ0) is 19.6. The van der Waals surface area contributed by atoms with Crippen LogP contribution in [0.15, 0.2) is 54.0 Å². The molecular formula is C19H14F2N2O3S. The number of allylic oxidation sites excluding steroid dienone is 1. The number of amides is 1. The number of methoxy groups -OCH3 is 1. The summed E-state index contributed by atoms with van der Waals surface area (Å²) in [4.78, 5) is 28.2. The van der Waals surface area contributed by atoms with Gasteiger partial charge in [0.15, 0.2) is 4.80 Å². The summed E-state index contributed by atoms with van der Waals surface area (Å²) >= 11 is 1.12. The first-order valence-electron chi connectivity index (χ1n) is 7.82. The molecule has 3 aromatic rings. The molecule has 0 bridgehead atoms. The number of benzene rings is 2. The number of fused-ring (bicyclic) bond motifs is 1. The number of hydrogen-bond acceptors (Lipinski definition) is 4. The summed E-state index contributed by atoms with van der Waals surface area (Å²) in [6, 6.07) is 8.05. The Morgan fingerprint density at radius 2 is 1.96 bits per heavy atom. The molecule has 0 spiro atoms. The van der Waals surface area contributed by atoms with Crippen LogP contribution in [0.3, 0.4) is 0 Å². The Labute approximate surface area is 156 Å². The van der Waals surface area contributed by atoms with Gasteiger partial charge in [-0.3, -0.25) is 4.79 Å². The van der Waals surface area contributed by atoms with E-state index < -0.39 is 29.1 Å². The van der Waals surface area contributed by atoms with Gasteiger partial charge < -0.3 is 9.30 Å². The Kier molecular flexibility index (Phi) is 5.27. The highest BCUT2D eigenvalue weighted by Crippen LogP contribution is 2.20. The predicted octanol–water partition coefficient (Wildman–Crippen LogP) is 3.69. The first-order valence-corrected chi connectivity index (χ1v) is 8.63. The molecule has 8 heteroatoms. The van der Waals surface area contributed by atoms with Gasteiger partial charge in [-0.25, -0.2) is 13.6 Å². The molecule has 0 fully saturated rings. The molecule has 0 unspecified atom stereocenters. The van der Waals surface area contributed by atoms with Gasteiger partial charge in [-0.15, -0.1) is 6.58 Å². The second-order valence-corrected chi connectivity index (χ2v) is 6.48. The van der Waals surface area contributed by atoms with E-state index in [-0.39, 0.29) is 4.80 Å². The molecule has 138 valence electrons. The van der Waals surface area contributed by atoms with Gasteiger partial charge in [-0.05, 0) is 30.3 Å². The molecule has 1 amide bonds. The van der Waals surface area contributed by atoms with E-state index in [1.54, 1.807) is 28.8 Å². The number of rotatable bonds is 4. The normalized spacial score (nSPS) is 11.6. The second kappa shape index (κ2) is 7.63. The van der Waals surface area contributed by atoms with Crippen LogP contribution in [0.5, 0.6) is 0 Å². The quantitative estimate of drug-likeness (QED) is 0.506. The highest BCUT2D eigenvalue weighted by Gasteiger charge is 2.17. The van der Waals surface area contributed by atoms with Crippen molar-refractivity contribution in [3.05, 3.63) is 76.6 Å². The van der Waals surface area contributed by atoms with Crippen molar-refractivity contribution in [1.29, 1.82) is 0 Å². The molecule has 1 aromatic heterocycles. The monoisotopic (exact) mass is 388 g/mol. The van der Waals surface area contributed by atoms with Crippen LogP contribution in [-0.2, 0) is 11.3 Å². The van der Waals surface area contributed by atoms with Gasteiger partial charge in [0, 0.05) is 6.54 Å². The fourth-order valence-electron chi connectivity index (χ4n) is 2.55. The molecular weight excluding hydrogens is 374 g/mol. The van der Waals surface area contributed by atoms with Crippen molar-refractivity contribution in [1.82, 2.24) is 4.57 Å². The SMILES string of the molecule is C=CCn1c(=NC(=O)c2c(F)cccc2F)sc2cc(C(=O)OC)ccc21. The fourth-order valence-corrected chi connectivity index (χ4v) is 3.63. The number of hydrogen-bond donors (Lipinski definition) is 0. The summed E-state index contributed by atoms with van der Waals surface area (Å²) in [6.07, 6.45) is 1.60. The van der Waals surface area contributed by atoms with Crippen molar-refractivity contribution in [2.75, 3.05) is 7.11 Å². The maximum atomic E-state index is 13.8. The van der Waals surface area contributed by atoms with Crippen molar-refractivity contribution in [3.8, 4) is 0 Å². The van der Waals surface area contributed by atoms with Crippen LogP contribution in [0.1, 0.15) is 20.7 Å². The van der Waals surface area contributed by atoms with E-state index in [1.807, 2.05) is 0 Å². The van der Waals surface area contributed by atoms with Crippen LogP contribution in [0.25, 0.3) is 10.2 Å². The van der Waals surface area contributed by atoms with Crippen molar-refractivity contribution >= 4 is 33.4 Å². The summed E-state index contributed by atoms with van der Waals surface area (Å²) in [5.41, 5.74) is 0.332. The summed E-state index contributed by atoms with van der Waals surface area (Å²) in [6.45, 7) is 3.99. The third kappa shape index (κ3) is 3.56. The number of aromatic nitrogens is 1. The summed E-state index contributed by atoms with van der Waals surface area (Å²) in [5, 5.41) is 0. The van der Waals surface area contributed by atoms with Gasteiger partial charge >= 0.3 is 5.97 Å². The number of carbonyl (C=O) groups is 2. The number of ether oxygens (including phenoxy) is 1. The fraction of sp³-hybridized carbons (Fsp3) is 0.105. The molecule has 2 aromatic carbocycles. The van der Waals surface area contributed by atoms with E-state index in [0.717, 1.165) is 23.5 Å². The topological polar surface area (TPSA) is 60.7 Å². The molecule has 0 radical (unpaired) electrons. The molecule has 5 nitrogen and oxygen atoms in total. The lowest BCUT2D eigenvalue weighted by Crippen LogP contribution is -2.17. The minimum absolute atomic E-state index is 0.236. The van der Waals surface area contributed by atoms with Crippen LogP contribution in [0.2, 0.25) is 0 Å². The van der Waals surface area contributed by atoms with E-state index in [4.69, 9.17) is 4.74 Å². The van der Waals surface area contributed by atoms with Crippen molar-refractivity contribution in [2.45, 2.75) is 6.54 Å². The Morgan fingerprint density at radius 3 is 2.59 bits per heavy atom. The molecule has 0 aliphatic carbocycles. The second-order valence-electron chi connectivity index (χ2n) is 5.47. The molecule has 0 atom stereocenters. The van der Waals surface area contributed by atoms with Gasteiger partial charge in [-0.2, -0.15) is 4.99 Å².